The summed E-state index contributed by atoms with van der Waals surface area (Å²) >= 11 is 0. The molecule has 2 unspecified atom stereocenters. The number of fused-ring (bicyclic) bond motifs is 6. The fourth-order valence-electron chi connectivity index (χ4n) is 4.27. The molecule has 144 valence electrons. The quantitative estimate of drug-likeness (QED) is 0.661. The lowest BCUT2D eigenvalue weighted by atomic mass is 9.80. The molecule has 4 rings (SSSR count). The lowest BCUT2D eigenvalue weighted by molar-refractivity contribution is 0.118. The van der Waals surface area contributed by atoms with E-state index in [1.54, 1.807) is 6.07 Å². The first-order chi connectivity index (χ1) is 12.7. The molecule has 4 heteroatoms. The molecule has 0 amide bonds. The summed E-state index contributed by atoms with van der Waals surface area (Å²) in [6.45, 7) is 12.7. The van der Waals surface area contributed by atoms with Crippen molar-refractivity contribution < 1.29 is 13.9 Å². The van der Waals surface area contributed by atoms with E-state index in [0.717, 1.165) is 46.4 Å². The molecular weight excluding hydrogens is 340 g/mol. The summed E-state index contributed by atoms with van der Waals surface area (Å²) in [5.41, 5.74) is 2.86. The largest absolute Gasteiger partial charge is 0.489 e. The van der Waals surface area contributed by atoms with Crippen LogP contribution in [0.15, 0.2) is 21.4 Å². The van der Waals surface area contributed by atoms with Gasteiger partial charge in [-0.2, -0.15) is 0 Å². The SMILES string of the molecule is CCCc1cc(=O)oc2c3c(c4c(c12)OC(C)(C)C=C4)OC(C)[C@@H](C)C3C. The van der Waals surface area contributed by atoms with E-state index in [2.05, 4.69) is 39.8 Å². The van der Waals surface area contributed by atoms with Gasteiger partial charge < -0.3 is 13.9 Å². The van der Waals surface area contributed by atoms with Gasteiger partial charge in [-0.25, -0.2) is 4.79 Å². The van der Waals surface area contributed by atoms with E-state index < -0.39 is 5.60 Å². The molecule has 0 bridgehead atoms. The summed E-state index contributed by atoms with van der Waals surface area (Å²) < 4.78 is 18.5. The van der Waals surface area contributed by atoms with Crippen LogP contribution in [0.4, 0.5) is 0 Å². The first-order valence-electron chi connectivity index (χ1n) is 9.95. The molecule has 0 radical (unpaired) electrons. The van der Waals surface area contributed by atoms with Crippen LogP contribution in [0.25, 0.3) is 17.0 Å². The first-order valence-corrected chi connectivity index (χ1v) is 9.95. The van der Waals surface area contributed by atoms with Crippen LogP contribution < -0.4 is 15.1 Å². The maximum Gasteiger partial charge on any atom is 0.336 e. The van der Waals surface area contributed by atoms with Crippen LogP contribution in [0, 0.1) is 5.92 Å². The molecule has 0 N–H and O–H groups in total. The molecule has 0 aliphatic carbocycles. The molecule has 3 heterocycles. The van der Waals surface area contributed by atoms with Gasteiger partial charge in [0.2, 0.25) is 0 Å². The minimum Gasteiger partial charge on any atom is -0.489 e. The third-order valence-electron chi connectivity index (χ3n) is 6.07. The Morgan fingerprint density at radius 2 is 1.89 bits per heavy atom. The predicted molar refractivity (Wildman–Crippen MR) is 108 cm³/mol. The number of aryl methyl sites for hydroxylation is 1. The number of ether oxygens (including phenoxy) is 2. The molecule has 0 saturated heterocycles. The van der Waals surface area contributed by atoms with E-state index in [4.69, 9.17) is 13.9 Å². The molecule has 1 aromatic carbocycles. The van der Waals surface area contributed by atoms with Crippen molar-refractivity contribution in [1.29, 1.82) is 0 Å². The van der Waals surface area contributed by atoms with Gasteiger partial charge in [-0.05, 0) is 56.7 Å². The normalized spacial score (nSPS) is 25.5. The van der Waals surface area contributed by atoms with E-state index in [-0.39, 0.29) is 17.6 Å². The standard InChI is InChI=1S/C23H28O4/c1-7-8-15-11-17(24)26-22-18-13(3)12(2)14(4)25-20(18)16-9-10-23(5,6)27-21(16)19(15)22/h9-14H,7-8H2,1-6H3/t12-,13?,14?/m0/s1. The molecule has 2 aliphatic rings. The highest BCUT2D eigenvalue weighted by molar-refractivity contribution is 5.97. The minimum absolute atomic E-state index is 0.0860. The van der Waals surface area contributed by atoms with Crippen LogP contribution in [-0.4, -0.2) is 11.7 Å². The predicted octanol–water partition coefficient (Wildman–Crippen LogP) is 5.45. The molecule has 0 saturated carbocycles. The zero-order chi connectivity index (χ0) is 19.5. The van der Waals surface area contributed by atoms with Crippen molar-refractivity contribution in [1.82, 2.24) is 0 Å². The Morgan fingerprint density at radius 1 is 1.15 bits per heavy atom. The van der Waals surface area contributed by atoms with Gasteiger partial charge in [0.25, 0.3) is 0 Å². The van der Waals surface area contributed by atoms with E-state index >= 15 is 0 Å². The van der Waals surface area contributed by atoms with Crippen LogP contribution in [0.5, 0.6) is 11.5 Å². The second-order valence-electron chi connectivity index (χ2n) is 8.54. The van der Waals surface area contributed by atoms with E-state index in [1.165, 1.54) is 0 Å². The average Bonchev–Trinajstić information content (AvgIpc) is 2.58. The van der Waals surface area contributed by atoms with Gasteiger partial charge in [-0.1, -0.05) is 27.2 Å². The maximum absolute atomic E-state index is 12.4. The second kappa shape index (κ2) is 6.15. The summed E-state index contributed by atoms with van der Waals surface area (Å²) in [7, 11) is 0. The summed E-state index contributed by atoms with van der Waals surface area (Å²) in [5, 5.41) is 0.930. The molecule has 3 atom stereocenters. The number of rotatable bonds is 2. The molecular formula is C23H28O4. The summed E-state index contributed by atoms with van der Waals surface area (Å²) in [6, 6.07) is 1.62. The van der Waals surface area contributed by atoms with Gasteiger partial charge in [0, 0.05) is 11.6 Å². The van der Waals surface area contributed by atoms with E-state index in [1.807, 2.05) is 13.8 Å². The van der Waals surface area contributed by atoms with Gasteiger partial charge in [0.15, 0.2) is 0 Å². The van der Waals surface area contributed by atoms with Crippen molar-refractivity contribution in [3.8, 4) is 11.5 Å². The van der Waals surface area contributed by atoms with Crippen LogP contribution in [0.3, 0.4) is 0 Å². The lowest BCUT2D eigenvalue weighted by Crippen LogP contribution is -2.33. The van der Waals surface area contributed by atoms with Gasteiger partial charge in [0.1, 0.15) is 22.7 Å². The molecule has 0 spiro atoms. The zero-order valence-electron chi connectivity index (χ0n) is 17.0. The highest BCUT2D eigenvalue weighted by Gasteiger charge is 2.38. The van der Waals surface area contributed by atoms with Crippen LogP contribution in [0.1, 0.15) is 70.6 Å². The highest BCUT2D eigenvalue weighted by atomic mass is 16.5. The van der Waals surface area contributed by atoms with Crippen LogP contribution in [0.2, 0.25) is 0 Å². The number of benzene rings is 1. The molecule has 2 aliphatic heterocycles. The smallest absolute Gasteiger partial charge is 0.336 e. The van der Waals surface area contributed by atoms with Gasteiger partial charge in [-0.15, -0.1) is 0 Å². The fraction of sp³-hybridized carbons (Fsp3) is 0.522. The maximum atomic E-state index is 12.4. The fourth-order valence-corrected chi connectivity index (χ4v) is 4.27. The monoisotopic (exact) mass is 368 g/mol. The Morgan fingerprint density at radius 3 is 2.59 bits per heavy atom. The lowest BCUT2D eigenvalue weighted by Gasteiger charge is -2.38. The minimum atomic E-state index is -0.424. The zero-order valence-corrected chi connectivity index (χ0v) is 17.0. The molecule has 4 nitrogen and oxygen atoms in total. The van der Waals surface area contributed by atoms with Gasteiger partial charge >= 0.3 is 5.63 Å². The molecule has 2 aromatic rings. The Bertz CT molecular complexity index is 996. The summed E-state index contributed by atoms with van der Waals surface area (Å²) in [4.78, 5) is 12.4. The van der Waals surface area contributed by atoms with Crippen molar-refractivity contribution in [3.05, 3.63) is 39.3 Å². The molecule has 27 heavy (non-hydrogen) atoms. The topological polar surface area (TPSA) is 48.7 Å². The number of hydrogen-bond donors (Lipinski definition) is 0. The van der Waals surface area contributed by atoms with Gasteiger partial charge in [-0.3, -0.25) is 0 Å². The Hall–Kier alpha value is -2.23. The number of hydrogen-bond acceptors (Lipinski definition) is 4. The second-order valence-corrected chi connectivity index (χ2v) is 8.54. The Kier molecular flexibility index (Phi) is 4.13. The third-order valence-corrected chi connectivity index (χ3v) is 6.07. The Balaban J connectivity index is 2.17. The molecule has 0 fully saturated rings. The van der Waals surface area contributed by atoms with E-state index in [0.29, 0.717) is 11.5 Å². The van der Waals surface area contributed by atoms with Crippen molar-refractivity contribution in [2.75, 3.05) is 0 Å². The first kappa shape index (κ1) is 18.1. The van der Waals surface area contributed by atoms with Crippen molar-refractivity contribution >= 4 is 17.0 Å². The van der Waals surface area contributed by atoms with Crippen LogP contribution in [-0.2, 0) is 6.42 Å². The highest BCUT2D eigenvalue weighted by Crippen LogP contribution is 2.52. The van der Waals surface area contributed by atoms with Gasteiger partial charge in [0.05, 0.1) is 17.1 Å². The van der Waals surface area contributed by atoms with Crippen LogP contribution >= 0.6 is 0 Å². The van der Waals surface area contributed by atoms with Crippen molar-refractivity contribution in [2.45, 2.75) is 72.0 Å². The van der Waals surface area contributed by atoms with Crippen molar-refractivity contribution in [3.63, 3.8) is 0 Å². The summed E-state index contributed by atoms with van der Waals surface area (Å²) in [6.07, 6.45) is 6.01. The third kappa shape index (κ3) is 2.77. The Labute approximate surface area is 160 Å². The summed E-state index contributed by atoms with van der Waals surface area (Å²) in [5.74, 6) is 2.13. The van der Waals surface area contributed by atoms with E-state index in [9.17, 15) is 4.79 Å². The molecule has 1 aromatic heterocycles. The average molecular weight is 368 g/mol. The van der Waals surface area contributed by atoms with Crippen molar-refractivity contribution in [2.24, 2.45) is 5.92 Å².